The first-order chi connectivity index (χ1) is 11.0. The molecule has 1 aliphatic rings. The number of hydrogen-bond acceptors (Lipinski definition) is 4. The molecule has 8 heteroatoms. The number of ether oxygens (including phenoxy) is 1. The average Bonchev–Trinajstić information content (AvgIpc) is 2.70. The van der Waals surface area contributed by atoms with E-state index in [0.717, 1.165) is 0 Å². The van der Waals surface area contributed by atoms with Crippen molar-refractivity contribution >= 4 is 40.1 Å². The van der Waals surface area contributed by atoms with Crippen molar-refractivity contribution in [2.75, 3.05) is 6.61 Å². The predicted octanol–water partition coefficient (Wildman–Crippen LogP) is 5.90. The zero-order valence-corrected chi connectivity index (χ0v) is 20.9. The van der Waals surface area contributed by atoms with Crippen molar-refractivity contribution in [3.05, 3.63) is 0 Å². The molecule has 0 amide bonds. The molecule has 1 unspecified atom stereocenters. The SMILES string of the molecule is CC(C)(C)[Si](C)(C)OC[C@H]1OC(OCl)[C@@H](Cl)[C@@H]1O[Si](C)(C)C(C)(C)C. The van der Waals surface area contributed by atoms with Gasteiger partial charge >= 0.3 is 0 Å². The van der Waals surface area contributed by atoms with Crippen LogP contribution in [0.3, 0.4) is 0 Å². The molecule has 1 rings (SSSR count). The van der Waals surface area contributed by atoms with E-state index in [1.54, 1.807) is 0 Å². The van der Waals surface area contributed by atoms with Gasteiger partial charge in [0.05, 0.1) is 24.6 Å². The summed E-state index contributed by atoms with van der Waals surface area (Å²) in [7, 11) is -3.91. The van der Waals surface area contributed by atoms with Crippen molar-refractivity contribution in [3.63, 3.8) is 0 Å². The van der Waals surface area contributed by atoms with Gasteiger partial charge in [-0.25, -0.2) is 4.29 Å². The van der Waals surface area contributed by atoms with Gasteiger partial charge in [0.1, 0.15) is 11.5 Å². The van der Waals surface area contributed by atoms with Crippen LogP contribution in [-0.4, -0.2) is 47.1 Å². The molecule has 1 saturated heterocycles. The van der Waals surface area contributed by atoms with Crippen LogP contribution in [0, 0.1) is 0 Å². The van der Waals surface area contributed by atoms with Crippen LogP contribution in [0.25, 0.3) is 0 Å². The van der Waals surface area contributed by atoms with E-state index >= 15 is 0 Å². The fourth-order valence-electron chi connectivity index (χ4n) is 2.05. The summed E-state index contributed by atoms with van der Waals surface area (Å²) in [6.45, 7) is 22.6. The second-order valence-electron chi connectivity index (χ2n) is 9.99. The second kappa shape index (κ2) is 8.07. The summed E-state index contributed by atoms with van der Waals surface area (Å²) in [5, 5.41) is -0.252. The third kappa shape index (κ3) is 5.67. The Balaban J connectivity index is 2.92. The van der Waals surface area contributed by atoms with Crippen molar-refractivity contribution < 1.29 is 17.9 Å². The Labute approximate surface area is 166 Å². The van der Waals surface area contributed by atoms with Gasteiger partial charge in [-0.15, -0.1) is 11.6 Å². The van der Waals surface area contributed by atoms with Gasteiger partial charge in [0, 0.05) is 0 Å². The molecule has 0 aromatic rings. The summed E-state index contributed by atoms with van der Waals surface area (Å²) in [5.41, 5.74) is 0. The molecule has 1 fully saturated rings. The quantitative estimate of drug-likeness (QED) is 0.387. The largest absolute Gasteiger partial charge is 0.414 e. The van der Waals surface area contributed by atoms with E-state index in [1.807, 2.05) is 0 Å². The molecule has 25 heavy (non-hydrogen) atoms. The molecule has 0 aliphatic carbocycles. The summed E-state index contributed by atoms with van der Waals surface area (Å²) in [6, 6.07) is 0. The molecule has 150 valence electrons. The molecular weight excluding hydrogens is 395 g/mol. The molecule has 0 bridgehead atoms. The predicted molar refractivity (Wildman–Crippen MR) is 110 cm³/mol. The van der Waals surface area contributed by atoms with Gasteiger partial charge in [-0.2, -0.15) is 0 Å². The van der Waals surface area contributed by atoms with Gasteiger partial charge in [-0.3, -0.25) is 0 Å². The first-order valence-electron chi connectivity index (χ1n) is 8.92. The van der Waals surface area contributed by atoms with Crippen molar-refractivity contribution in [2.45, 2.75) is 102 Å². The second-order valence-corrected chi connectivity index (χ2v) is 20.2. The minimum absolute atomic E-state index is 0.0777. The molecule has 0 spiro atoms. The van der Waals surface area contributed by atoms with Gasteiger partial charge in [-0.1, -0.05) is 41.5 Å². The maximum absolute atomic E-state index is 6.55. The first kappa shape index (κ1) is 23.9. The summed E-state index contributed by atoms with van der Waals surface area (Å²) in [4.78, 5) is 0. The normalized spacial score (nSPS) is 29.3. The molecule has 0 saturated carbocycles. The van der Waals surface area contributed by atoms with E-state index in [4.69, 9.17) is 41.3 Å². The monoisotopic (exact) mass is 430 g/mol. The third-order valence-corrected chi connectivity index (χ3v) is 15.6. The van der Waals surface area contributed by atoms with Crippen molar-refractivity contribution in [1.82, 2.24) is 0 Å². The van der Waals surface area contributed by atoms with Crippen LogP contribution in [0.15, 0.2) is 0 Å². The maximum Gasteiger partial charge on any atom is 0.196 e. The van der Waals surface area contributed by atoms with Crippen LogP contribution in [-0.2, 0) is 17.9 Å². The van der Waals surface area contributed by atoms with Crippen molar-refractivity contribution in [1.29, 1.82) is 0 Å². The van der Waals surface area contributed by atoms with Gasteiger partial charge in [0.15, 0.2) is 22.9 Å². The van der Waals surface area contributed by atoms with E-state index in [0.29, 0.717) is 6.61 Å². The van der Waals surface area contributed by atoms with E-state index in [9.17, 15) is 0 Å². The van der Waals surface area contributed by atoms with Gasteiger partial charge in [-0.05, 0) is 36.3 Å². The van der Waals surface area contributed by atoms with E-state index in [1.165, 1.54) is 0 Å². The van der Waals surface area contributed by atoms with Crippen LogP contribution in [0.2, 0.25) is 36.3 Å². The highest BCUT2D eigenvalue weighted by Gasteiger charge is 2.51. The molecule has 4 atom stereocenters. The highest BCUT2D eigenvalue weighted by atomic mass is 35.5. The summed E-state index contributed by atoms with van der Waals surface area (Å²) in [5.74, 6) is 0. The topological polar surface area (TPSA) is 36.9 Å². The Morgan fingerprint density at radius 1 is 0.920 bits per heavy atom. The van der Waals surface area contributed by atoms with E-state index in [-0.39, 0.29) is 22.3 Å². The minimum Gasteiger partial charge on any atom is -0.414 e. The summed E-state index contributed by atoms with van der Waals surface area (Å²) < 4.78 is 23.7. The van der Waals surface area contributed by atoms with Gasteiger partial charge in [0.2, 0.25) is 0 Å². The Morgan fingerprint density at radius 3 is 1.80 bits per heavy atom. The van der Waals surface area contributed by atoms with Crippen LogP contribution in [0.4, 0.5) is 0 Å². The maximum atomic E-state index is 6.55. The summed E-state index contributed by atoms with van der Waals surface area (Å²) in [6.07, 6.45) is -1.27. The third-order valence-electron chi connectivity index (χ3n) is 5.99. The molecule has 1 heterocycles. The molecule has 0 radical (unpaired) electrons. The zero-order chi connectivity index (χ0) is 19.8. The Bertz CT molecular complexity index is 447. The fraction of sp³-hybridized carbons (Fsp3) is 1.00. The lowest BCUT2D eigenvalue weighted by molar-refractivity contribution is -0.0870. The Kier molecular flexibility index (Phi) is 7.72. The number of alkyl halides is 1. The van der Waals surface area contributed by atoms with E-state index < -0.39 is 28.3 Å². The highest BCUT2D eigenvalue weighted by Crippen LogP contribution is 2.42. The lowest BCUT2D eigenvalue weighted by atomic mass is 10.2. The standard InChI is InChI=1S/C17H36Cl2O4Si2/c1-16(2,3)24(7,8)20-11-12-14(13(18)15(21-12)22-19)23-25(9,10)17(4,5)6/h12-15H,11H2,1-10H3/t12-,13+,14-,15?/m1/s1. The molecule has 1 aliphatic heterocycles. The average molecular weight is 432 g/mol. The zero-order valence-electron chi connectivity index (χ0n) is 17.4. The first-order valence-corrected chi connectivity index (χ1v) is 15.5. The molecule has 0 N–H and O–H groups in total. The molecular formula is C17H36Cl2O4Si2. The van der Waals surface area contributed by atoms with Crippen LogP contribution in [0.5, 0.6) is 0 Å². The van der Waals surface area contributed by atoms with Crippen LogP contribution < -0.4 is 0 Å². The van der Waals surface area contributed by atoms with Gasteiger partial charge in [0.25, 0.3) is 0 Å². The lowest BCUT2D eigenvalue weighted by Crippen LogP contribution is -2.50. The van der Waals surface area contributed by atoms with Crippen LogP contribution >= 0.6 is 23.5 Å². The number of rotatable bonds is 6. The fourth-order valence-corrected chi connectivity index (χ4v) is 5.02. The summed E-state index contributed by atoms with van der Waals surface area (Å²) >= 11 is 12.1. The van der Waals surface area contributed by atoms with Gasteiger partial charge < -0.3 is 13.6 Å². The van der Waals surface area contributed by atoms with Crippen molar-refractivity contribution in [3.8, 4) is 0 Å². The lowest BCUT2D eigenvalue weighted by Gasteiger charge is -2.41. The number of hydrogen-bond donors (Lipinski definition) is 0. The van der Waals surface area contributed by atoms with E-state index in [2.05, 4.69) is 67.7 Å². The smallest absolute Gasteiger partial charge is 0.196 e. The Morgan fingerprint density at radius 2 is 1.40 bits per heavy atom. The molecule has 4 nitrogen and oxygen atoms in total. The molecule has 0 aromatic heterocycles. The number of halogens is 2. The minimum atomic E-state index is -2.01. The van der Waals surface area contributed by atoms with Crippen LogP contribution in [0.1, 0.15) is 41.5 Å². The Hall–Kier alpha value is 0.854. The highest BCUT2D eigenvalue weighted by molar-refractivity contribution is 6.74. The van der Waals surface area contributed by atoms with Crippen molar-refractivity contribution in [2.24, 2.45) is 0 Å². The molecule has 0 aromatic carbocycles.